The molecule has 4 rings (SSSR count). The van der Waals surface area contributed by atoms with Crippen molar-refractivity contribution in [3.05, 3.63) is 23.8 Å². The van der Waals surface area contributed by atoms with Gasteiger partial charge >= 0.3 is 12.0 Å². The number of amides is 2. The van der Waals surface area contributed by atoms with E-state index in [1.54, 1.807) is 19.9 Å². The second kappa shape index (κ2) is 12.9. The number of ether oxygens (including phenoxy) is 2. The Morgan fingerprint density at radius 1 is 1.18 bits per heavy atom. The number of hydrogen-bond acceptors (Lipinski definition) is 12. The zero-order valence-corrected chi connectivity index (χ0v) is 25.1. The summed E-state index contributed by atoms with van der Waals surface area (Å²) in [6.07, 6.45) is 3.01. The van der Waals surface area contributed by atoms with Gasteiger partial charge in [0.25, 0.3) is 0 Å². The number of fused-ring (bicyclic) bond motifs is 5. The minimum absolute atomic E-state index is 0.0565. The monoisotopic (exact) mass is 627 g/mol. The van der Waals surface area contributed by atoms with Gasteiger partial charge in [0, 0.05) is 23.3 Å². The number of rotatable bonds is 12. The van der Waals surface area contributed by atoms with Gasteiger partial charge in [-0.05, 0) is 70.4 Å². The number of aliphatic hydroxyl groups excluding tert-OH is 1. The zero-order chi connectivity index (χ0) is 32.5. The molecule has 0 saturated heterocycles. The molecule has 0 heterocycles. The van der Waals surface area contributed by atoms with Gasteiger partial charge in [-0.1, -0.05) is 18.6 Å². The molecule has 0 spiro atoms. The number of nitrogens with one attached hydrogen (secondary N) is 2. The number of ketones is 2. The van der Waals surface area contributed by atoms with Gasteiger partial charge in [0.15, 0.2) is 17.2 Å². The second-order valence-electron chi connectivity index (χ2n) is 12.5. The van der Waals surface area contributed by atoms with E-state index in [0.717, 1.165) is 0 Å². The van der Waals surface area contributed by atoms with Crippen LogP contribution >= 0.6 is 0 Å². The molecule has 14 nitrogen and oxygen atoms in total. The van der Waals surface area contributed by atoms with E-state index >= 15 is 4.39 Å². The number of allylic oxidation sites excluding steroid dienone is 4. The fourth-order valence-corrected chi connectivity index (χ4v) is 7.88. The summed E-state index contributed by atoms with van der Waals surface area (Å²) in [4.78, 5) is 53.6. The van der Waals surface area contributed by atoms with Gasteiger partial charge in [0.1, 0.15) is 18.8 Å². The van der Waals surface area contributed by atoms with Crippen molar-refractivity contribution in [1.82, 2.24) is 16.0 Å². The highest BCUT2D eigenvalue weighted by atomic mass is 19.1. The highest BCUT2D eigenvalue weighted by Crippen LogP contribution is 2.69. The Bertz CT molecular complexity index is 1210. The first kappa shape index (κ1) is 34.1. The molecule has 4 aliphatic rings. The number of Topliss-reactive ketones (excluding diaryl/α,β-unsaturated/α-hetero) is 1. The molecule has 4 unspecified atom stereocenters. The average molecular weight is 628 g/mol. The minimum atomic E-state index is -2.08. The Morgan fingerprint density at radius 2 is 1.91 bits per heavy atom. The topological polar surface area (TPSA) is 204 Å². The summed E-state index contributed by atoms with van der Waals surface area (Å²) < 4.78 is 27.7. The van der Waals surface area contributed by atoms with Crippen LogP contribution in [0.4, 0.5) is 9.18 Å². The molecule has 0 bridgehead atoms. The van der Waals surface area contributed by atoms with Gasteiger partial charge in [-0.25, -0.2) is 9.18 Å². The molecule has 0 radical (unpaired) electrons. The number of nitrogens with zero attached hydrogens (tertiary/aromatic N) is 1. The SMILES string of the molecule is CC(OCC(=O)C1(O)CCC2[C@@H]3CCC4=CC(=O)C=C[C@]4(C)C3(F)[C@@H](O)C[C@@]21C)OC(=O)CNC(=O)NCCCON(O)O. The summed E-state index contributed by atoms with van der Waals surface area (Å²) in [6, 6.07) is -0.680. The number of hydrogen-bond donors (Lipinski definition) is 6. The Morgan fingerprint density at radius 3 is 2.61 bits per heavy atom. The summed E-state index contributed by atoms with van der Waals surface area (Å²) in [5, 5.41) is 44.2. The quantitative estimate of drug-likeness (QED) is 0.0784. The smallest absolute Gasteiger partial charge is 0.327 e. The third-order valence-electron chi connectivity index (χ3n) is 10.2. The maximum absolute atomic E-state index is 17.2. The van der Waals surface area contributed by atoms with Crippen LogP contribution in [0.1, 0.15) is 59.3 Å². The van der Waals surface area contributed by atoms with Gasteiger partial charge in [-0.15, -0.1) is 0 Å². The van der Waals surface area contributed by atoms with Crippen molar-refractivity contribution in [2.24, 2.45) is 22.7 Å². The van der Waals surface area contributed by atoms with Crippen molar-refractivity contribution in [1.29, 1.82) is 0 Å². The summed E-state index contributed by atoms with van der Waals surface area (Å²) in [5.41, 5.74) is -5.65. The van der Waals surface area contributed by atoms with Crippen molar-refractivity contribution in [3.63, 3.8) is 0 Å². The number of alkyl halides is 1. The predicted molar refractivity (Wildman–Crippen MR) is 147 cm³/mol. The molecule has 4 aliphatic carbocycles. The van der Waals surface area contributed by atoms with Crippen molar-refractivity contribution in [3.8, 4) is 0 Å². The molecular weight excluding hydrogens is 585 g/mol. The molecule has 0 aromatic carbocycles. The molecule has 0 aliphatic heterocycles. The van der Waals surface area contributed by atoms with E-state index in [9.17, 15) is 29.4 Å². The van der Waals surface area contributed by atoms with Crippen molar-refractivity contribution >= 4 is 23.6 Å². The normalized spacial score (nSPS) is 36.5. The Hall–Kier alpha value is -2.79. The number of urea groups is 1. The molecule has 3 fully saturated rings. The standard InChI is InChI=1S/C29H42FN3O11/c1-17(44-24(37)15-32-25(38)31-11-4-12-43-33(40)41)42-16-23(36)28(39)10-8-20-21-6-5-18-13-19(34)7-9-26(18,2)29(21,30)22(35)14-27(20,28)3/h7,9,13,17,20-22,35,39-41H,4-6,8,10-12,14-16H2,1-3H3,(H2,31,32,38)/t17?,20?,21-,22-,26-,27-,28?,29?/m0/s1. The maximum Gasteiger partial charge on any atom is 0.327 e. The van der Waals surface area contributed by atoms with E-state index < -0.39 is 82.7 Å². The van der Waals surface area contributed by atoms with E-state index in [1.165, 1.54) is 19.1 Å². The van der Waals surface area contributed by atoms with Crippen LogP contribution in [0.2, 0.25) is 0 Å². The molecule has 3 saturated carbocycles. The van der Waals surface area contributed by atoms with E-state index in [4.69, 9.17) is 19.9 Å². The van der Waals surface area contributed by atoms with Crippen molar-refractivity contribution in [2.45, 2.75) is 83.0 Å². The second-order valence-corrected chi connectivity index (χ2v) is 12.5. The van der Waals surface area contributed by atoms with Crippen molar-refractivity contribution < 1.29 is 58.5 Å². The Balaban J connectivity index is 1.30. The van der Waals surface area contributed by atoms with Gasteiger partial charge in [-0.2, -0.15) is 0 Å². The first-order valence-electron chi connectivity index (χ1n) is 14.8. The molecule has 2 amide bonds. The number of aliphatic hydroxyl groups is 2. The number of carbonyl (C=O) groups is 4. The minimum Gasteiger partial charge on any atom is -0.435 e. The van der Waals surface area contributed by atoms with E-state index in [1.807, 2.05) is 0 Å². The first-order valence-corrected chi connectivity index (χ1v) is 14.8. The predicted octanol–water partition coefficient (Wildman–Crippen LogP) is 1.26. The molecule has 44 heavy (non-hydrogen) atoms. The van der Waals surface area contributed by atoms with Crippen LogP contribution in [-0.4, -0.2) is 99.6 Å². The summed E-state index contributed by atoms with van der Waals surface area (Å²) in [6.45, 7) is 3.73. The fourth-order valence-electron chi connectivity index (χ4n) is 7.88. The van der Waals surface area contributed by atoms with Crippen molar-refractivity contribution in [2.75, 3.05) is 26.3 Å². The molecule has 0 aromatic heterocycles. The highest BCUT2D eigenvalue weighted by molar-refractivity contribution is 6.01. The zero-order valence-electron chi connectivity index (χ0n) is 25.1. The van der Waals surface area contributed by atoms with E-state index in [2.05, 4.69) is 15.5 Å². The van der Waals surface area contributed by atoms with Crippen LogP contribution in [-0.2, 0) is 28.7 Å². The number of carbonyl (C=O) groups excluding carboxylic acids is 4. The lowest BCUT2D eigenvalue weighted by Crippen LogP contribution is -2.69. The molecule has 6 N–H and O–H groups in total. The third kappa shape index (κ3) is 6.06. The van der Waals surface area contributed by atoms with Gasteiger partial charge in [0.05, 0.1) is 18.1 Å². The molecule has 246 valence electrons. The van der Waals surface area contributed by atoms with E-state index in [-0.39, 0.29) is 38.2 Å². The van der Waals surface area contributed by atoms with Gasteiger partial charge in [0.2, 0.25) is 6.29 Å². The van der Waals surface area contributed by atoms with Gasteiger partial charge < -0.3 is 30.3 Å². The lowest BCUT2D eigenvalue weighted by Gasteiger charge is -2.62. The molecule has 15 heteroatoms. The summed E-state index contributed by atoms with van der Waals surface area (Å²) in [5.74, 6) is -2.78. The van der Waals surface area contributed by atoms with Crippen LogP contribution in [0.25, 0.3) is 0 Å². The first-order chi connectivity index (χ1) is 20.6. The lowest BCUT2D eigenvalue weighted by molar-refractivity contribution is -0.492. The average Bonchev–Trinajstić information content (AvgIpc) is 3.22. The third-order valence-corrected chi connectivity index (χ3v) is 10.2. The van der Waals surface area contributed by atoms with Crippen LogP contribution in [0.5, 0.6) is 0 Å². The number of halogens is 1. The maximum atomic E-state index is 17.2. The Labute approximate surface area is 254 Å². The van der Waals surface area contributed by atoms with Crippen LogP contribution in [0.15, 0.2) is 23.8 Å². The molecule has 8 atom stereocenters. The van der Waals surface area contributed by atoms with Crippen LogP contribution < -0.4 is 10.6 Å². The van der Waals surface area contributed by atoms with Crippen LogP contribution in [0.3, 0.4) is 0 Å². The van der Waals surface area contributed by atoms with Gasteiger partial charge in [-0.3, -0.25) is 29.6 Å². The van der Waals surface area contributed by atoms with E-state index in [0.29, 0.717) is 24.8 Å². The molecular formula is C29H42FN3O11. The largest absolute Gasteiger partial charge is 0.435 e. The number of esters is 1. The Kier molecular flexibility index (Phi) is 10.00. The summed E-state index contributed by atoms with van der Waals surface area (Å²) in [7, 11) is 0. The fraction of sp³-hybridized carbons (Fsp3) is 0.724. The summed E-state index contributed by atoms with van der Waals surface area (Å²) >= 11 is 0. The highest BCUT2D eigenvalue weighted by Gasteiger charge is 2.74. The molecule has 0 aromatic rings. The van der Waals surface area contributed by atoms with Crippen LogP contribution in [0, 0.1) is 22.7 Å². The lowest BCUT2D eigenvalue weighted by atomic mass is 9.44.